The number of sulfonamides is 1. The van der Waals surface area contributed by atoms with Crippen LogP contribution < -0.4 is 4.74 Å². The van der Waals surface area contributed by atoms with Crippen LogP contribution >= 0.6 is 0 Å². The van der Waals surface area contributed by atoms with Crippen molar-refractivity contribution in [1.82, 2.24) is 9.21 Å². The summed E-state index contributed by atoms with van der Waals surface area (Å²) in [5, 5.41) is 0. The zero-order valence-corrected chi connectivity index (χ0v) is 21.1. The number of hydrogen-bond acceptors (Lipinski definition) is 5. The number of hydrogen-bond donors (Lipinski definition) is 0. The smallest absolute Gasteiger partial charge is 0.261 e. The van der Waals surface area contributed by atoms with Gasteiger partial charge in [-0.3, -0.25) is 14.5 Å². The van der Waals surface area contributed by atoms with Gasteiger partial charge in [0.2, 0.25) is 10.0 Å². The van der Waals surface area contributed by atoms with Crippen LogP contribution in [0.1, 0.15) is 43.0 Å². The lowest BCUT2D eigenvalue weighted by Gasteiger charge is -2.26. The van der Waals surface area contributed by atoms with Crippen molar-refractivity contribution in [3.05, 3.63) is 94.0 Å². The second-order valence-electron chi connectivity index (χ2n) is 8.72. The summed E-state index contributed by atoms with van der Waals surface area (Å²) < 4.78 is 34.4. The van der Waals surface area contributed by atoms with Gasteiger partial charge in [0.1, 0.15) is 5.75 Å². The first-order chi connectivity index (χ1) is 16.6. The Labute approximate surface area is 206 Å². The Morgan fingerprint density at radius 2 is 1.40 bits per heavy atom. The van der Waals surface area contributed by atoms with Crippen molar-refractivity contribution in [1.29, 1.82) is 0 Å². The maximum Gasteiger partial charge on any atom is 0.261 e. The number of methoxy groups -OCH3 is 1. The topological polar surface area (TPSA) is 84.0 Å². The molecule has 0 aliphatic carbocycles. The van der Waals surface area contributed by atoms with Crippen LogP contribution in [0.4, 0.5) is 0 Å². The molecule has 1 heterocycles. The first kappa shape index (κ1) is 24.6. The Morgan fingerprint density at radius 1 is 0.857 bits per heavy atom. The number of carbonyl (C=O) groups is 2. The van der Waals surface area contributed by atoms with Crippen molar-refractivity contribution in [2.45, 2.75) is 32.2 Å². The Balaban J connectivity index is 1.67. The SMILES string of the molecule is COc1ccc(CN(CCN2C(=O)c3ccccc3C2=O)S(=O)(=O)c2c(C)cc(C)cc2C)cc1. The summed E-state index contributed by atoms with van der Waals surface area (Å²) in [5.74, 6) is -0.149. The molecule has 3 aromatic rings. The van der Waals surface area contributed by atoms with Gasteiger partial charge in [0.15, 0.2) is 0 Å². The van der Waals surface area contributed by atoms with E-state index >= 15 is 0 Å². The van der Waals surface area contributed by atoms with E-state index in [9.17, 15) is 18.0 Å². The summed E-state index contributed by atoms with van der Waals surface area (Å²) in [6.07, 6.45) is 0. The van der Waals surface area contributed by atoms with Gasteiger partial charge >= 0.3 is 0 Å². The largest absolute Gasteiger partial charge is 0.497 e. The van der Waals surface area contributed by atoms with Crippen LogP contribution in [0.5, 0.6) is 5.75 Å². The minimum atomic E-state index is -3.93. The Hall–Kier alpha value is -3.49. The van der Waals surface area contributed by atoms with Crippen LogP contribution in [-0.2, 0) is 16.6 Å². The quantitative estimate of drug-likeness (QED) is 0.442. The molecule has 0 bridgehead atoms. The average Bonchev–Trinajstić information content (AvgIpc) is 3.06. The summed E-state index contributed by atoms with van der Waals surface area (Å²) >= 11 is 0. The van der Waals surface area contributed by atoms with Gasteiger partial charge in [-0.15, -0.1) is 0 Å². The average molecular weight is 493 g/mol. The van der Waals surface area contributed by atoms with Gasteiger partial charge in [0.05, 0.1) is 23.1 Å². The zero-order valence-electron chi connectivity index (χ0n) is 20.2. The molecule has 1 aliphatic heterocycles. The Kier molecular flexibility index (Phi) is 6.78. The number of ether oxygens (including phenoxy) is 1. The van der Waals surface area contributed by atoms with Crippen LogP contribution in [0.15, 0.2) is 65.6 Å². The van der Waals surface area contributed by atoms with E-state index in [2.05, 4.69) is 0 Å². The van der Waals surface area contributed by atoms with Crippen LogP contribution in [-0.4, -0.2) is 49.6 Å². The van der Waals surface area contributed by atoms with Crippen molar-refractivity contribution in [3.8, 4) is 5.75 Å². The number of carbonyl (C=O) groups excluding carboxylic acids is 2. The molecule has 0 atom stereocenters. The van der Waals surface area contributed by atoms with Crippen molar-refractivity contribution in [2.24, 2.45) is 0 Å². The molecule has 0 fully saturated rings. The minimum absolute atomic E-state index is 0.0351. The van der Waals surface area contributed by atoms with Crippen molar-refractivity contribution in [2.75, 3.05) is 20.2 Å². The molecule has 2 amide bonds. The molecule has 0 radical (unpaired) electrons. The monoisotopic (exact) mass is 492 g/mol. The normalized spacial score (nSPS) is 13.5. The van der Waals surface area contributed by atoms with Crippen molar-refractivity contribution in [3.63, 3.8) is 0 Å². The maximum atomic E-state index is 13.9. The molecule has 4 rings (SSSR count). The zero-order chi connectivity index (χ0) is 25.3. The second kappa shape index (κ2) is 9.64. The molecule has 7 nitrogen and oxygen atoms in total. The summed E-state index contributed by atoms with van der Waals surface area (Å²) in [5.41, 5.74) is 3.73. The molecular formula is C27H28N2O5S. The predicted octanol–water partition coefficient (Wildman–Crippen LogP) is 4.11. The molecule has 0 saturated carbocycles. The van der Waals surface area contributed by atoms with Crippen LogP contribution in [0.25, 0.3) is 0 Å². The maximum absolute atomic E-state index is 13.9. The number of fused-ring (bicyclic) bond motifs is 1. The molecule has 8 heteroatoms. The van der Waals surface area contributed by atoms with Gasteiger partial charge in [-0.1, -0.05) is 42.0 Å². The molecule has 182 valence electrons. The number of amides is 2. The third kappa shape index (κ3) is 4.72. The highest BCUT2D eigenvalue weighted by Gasteiger charge is 2.36. The molecular weight excluding hydrogens is 464 g/mol. The van der Waals surface area contributed by atoms with Crippen molar-refractivity contribution < 1.29 is 22.7 Å². The molecule has 0 aromatic heterocycles. The van der Waals surface area contributed by atoms with Crippen LogP contribution in [0.3, 0.4) is 0 Å². The molecule has 0 spiro atoms. The third-order valence-electron chi connectivity index (χ3n) is 6.17. The number of aryl methyl sites for hydroxylation is 3. The van der Waals surface area contributed by atoms with E-state index in [-0.39, 0.29) is 24.5 Å². The lowest BCUT2D eigenvalue weighted by Crippen LogP contribution is -2.41. The van der Waals surface area contributed by atoms with E-state index in [0.717, 1.165) is 16.0 Å². The minimum Gasteiger partial charge on any atom is -0.497 e. The first-order valence-electron chi connectivity index (χ1n) is 11.3. The van der Waals surface area contributed by atoms with Gasteiger partial charge in [-0.05, 0) is 61.7 Å². The first-order valence-corrected chi connectivity index (χ1v) is 12.7. The highest BCUT2D eigenvalue weighted by Crippen LogP contribution is 2.28. The van der Waals surface area contributed by atoms with E-state index in [4.69, 9.17) is 4.74 Å². The summed E-state index contributed by atoms with van der Waals surface area (Å²) in [6, 6.07) is 17.5. The summed E-state index contributed by atoms with van der Waals surface area (Å²) in [6.45, 7) is 5.49. The lowest BCUT2D eigenvalue weighted by atomic mass is 10.1. The molecule has 0 N–H and O–H groups in total. The molecule has 0 saturated heterocycles. The fourth-order valence-electron chi connectivity index (χ4n) is 4.58. The highest BCUT2D eigenvalue weighted by molar-refractivity contribution is 7.89. The van der Waals surface area contributed by atoms with Crippen LogP contribution in [0.2, 0.25) is 0 Å². The predicted molar refractivity (Wildman–Crippen MR) is 133 cm³/mol. The van der Waals surface area contributed by atoms with E-state index in [0.29, 0.717) is 28.0 Å². The van der Waals surface area contributed by atoms with Gasteiger partial charge in [-0.25, -0.2) is 8.42 Å². The van der Waals surface area contributed by atoms with Gasteiger partial charge in [0.25, 0.3) is 11.8 Å². The van der Waals surface area contributed by atoms with E-state index in [1.54, 1.807) is 69.5 Å². The van der Waals surface area contributed by atoms with Gasteiger partial charge < -0.3 is 4.74 Å². The lowest BCUT2D eigenvalue weighted by molar-refractivity contribution is 0.0646. The second-order valence-corrected chi connectivity index (χ2v) is 10.6. The molecule has 1 aliphatic rings. The summed E-state index contributed by atoms with van der Waals surface area (Å²) in [7, 11) is -2.37. The molecule has 0 unspecified atom stereocenters. The Morgan fingerprint density at radius 3 is 1.91 bits per heavy atom. The molecule has 35 heavy (non-hydrogen) atoms. The van der Waals surface area contributed by atoms with E-state index in [1.165, 1.54) is 4.31 Å². The third-order valence-corrected chi connectivity index (χ3v) is 8.32. The number of imide groups is 1. The Bertz CT molecular complexity index is 1340. The van der Waals surface area contributed by atoms with Gasteiger partial charge in [-0.2, -0.15) is 4.31 Å². The van der Waals surface area contributed by atoms with Crippen LogP contribution in [0, 0.1) is 20.8 Å². The number of nitrogens with zero attached hydrogens (tertiary/aromatic N) is 2. The van der Waals surface area contributed by atoms with Gasteiger partial charge in [0, 0.05) is 19.6 Å². The van der Waals surface area contributed by atoms with E-state index in [1.807, 2.05) is 19.1 Å². The summed E-state index contributed by atoms with van der Waals surface area (Å²) in [4.78, 5) is 27.0. The van der Waals surface area contributed by atoms with E-state index < -0.39 is 21.8 Å². The highest BCUT2D eigenvalue weighted by atomic mass is 32.2. The molecule has 3 aromatic carbocycles. The fraction of sp³-hybridized carbons (Fsp3) is 0.259. The van der Waals surface area contributed by atoms with Crippen molar-refractivity contribution >= 4 is 21.8 Å². The fourth-order valence-corrected chi connectivity index (χ4v) is 6.41. The number of rotatable bonds is 8. The number of benzene rings is 3. The standard InChI is InChI=1S/C27H28N2O5S/c1-18-15-19(2)25(20(3)16-18)35(32,33)28(17-21-9-11-22(34-4)12-10-21)13-14-29-26(30)23-7-5-6-8-24(23)27(29)31/h5-12,15-16H,13-14,17H2,1-4H3.